The van der Waals surface area contributed by atoms with E-state index in [0.717, 1.165) is 30.5 Å². The number of nitrogens with zero attached hydrogens (tertiary/aromatic N) is 5. The molecular formula is C8H17N5S. The molecule has 0 fully saturated rings. The zero-order valence-electron chi connectivity index (χ0n) is 8.97. The molecule has 1 heterocycles. The van der Waals surface area contributed by atoms with Crippen LogP contribution in [-0.4, -0.2) is 50.5 Å². The molecule has 0 aliphatic rings. The van der Waals surface area contributed by atoms with Crippen LogP contribution in [0.3, 0.4) is 0 Å². The molecule has 0 atom stereocenters. The van der Waals surface area contributed by atoms with Gasteiger partial charge in [-0.15, -0.1) is 5.10 Å². The molecule has 1 rings (SSSR count). The van der Waals surface area contributed by atoms with Crippen molar-refractivity contribution in [1.82, 2.24) is 25.1 Å². The number of rotatable bonds is 6. The monoisotopic (exact) mass is 215 g/mol. The van der Waals surface area contributed by atoms with Crippen LogP contribution >= 0.6 is 11.8 Å². The summed E-state index contributed by atoms with van der Waals surface area (Å²) in [5, 5.41) is 12.2. The zero-order chi connectivity index (χ0) is 10.4. The normalized spacial score (nSPS) is 11.1. The van der Waals surface area contributed by atoms with Gasteiger partial charge < -0.3 is 4.90 Å². The summed E-state index contributed by atoms with van der Waals surface area (Å²) in [4.78, 5) is 2.39. The highest BCUT2D eigenvalue weighted by Gasteiger charge is 2.04. The number of hydrogen-bond acceptors (Lipinski definition) is 5. The first-order chi connectivity index (χ1) is 6.77. The lowest BCUT2D eigenvalue weighted by molar-refractivity contribution is 0.323. The Morgan fingerprint density at radius 1 is 1.36 bits per heavy atom. The highest BCUT2D eigenvalue weighted by molar-refractivity contribution is 7.99. The molecular weight excluding hydrogens is 198 g/mol. The van der Waals surface area contributed by atoms with Gasteiger partial charge in [-0.05, 0) is 23.5 Å². The van der Waals surface area contributed by atoms with Gasteiger partial charge in [0.1, 0.15) is 0 Å². The number of hydrogen-bond donors (Lipinski definition) is 0. The first kappa shape index (κ1) is 11.5. The zero-order valence-corrected chi connectivity index (χ0v) is 9.79. The molecule has 0 aliphatic carbocycles. The van der Waals surface area contributed by atoms with Gasteiger partial charge in [0, 0.05) is 19.3 Å². The first-order valence-corrected chi connectivity index (χ1v) is 5.84. The van der Waals surface area contributed by atoms with Crippen molar-refractivity contribution in [3.05, 3.63) is 0 Å². The molecule has 1 aromatic rings. The Labute approximate surface area is 88.9 Å². The van der Waals surface area contributed by atoms with E-state index in [-0.39, 0.29) is 0 Å². The Kier molecular flexibility index (Phi) is 4.89. The Bertz CT molecular complexity index is 258. The molecule has 1 aromatic heterocycles. The topological polar surface area (TPSA) is 46.8 Å². The summed E-state index contributed by atoms with van der Waals surface area (Å²) < 4.78 is 1.70. The minimum Gasteiger partial charge on any atom is -0.303 e. The van der Waals surface area contributed by atoms with Crippen LogP contribution in [0.15, 0.2) is 5.16 Å². The average Bonchev–Trinajstić information content (AvgIpc) is 2.59. The van der Waals surface area contributed by atoms with Gasteiger partial charge in [-0.2, -0.15) is 0 Å². The highest BCUT2D eigenvalue weighted by atomic mass is 32.2. The fourth-order valence-corrected chi connectivity index (χ4v) is 2.00. The SMILES string of the molecule is CCN(CC)CCSc1nnnn1C. The summed E-state index contributed by atoms with van der Waals surface area (Å²) in [6.45, 7) is 7.66. The van der Waals surface area contributed by atoms with Crippen molar-refractivity contribution >= 4 is 11.8 Å². The van der Waals surface area contributed by atoms with E-state index in [9.17, 15) is 0 Å². The van der Waals surface area contributed by atoms with Crippen molar-refractivity contribution in [2.24, 2.45) is 7.05 Å². The second kappa shape index (κ2) is 5.98. The summed E-state index contributed by atoms with van der Waals surface area (Å²) in [6.07, 6.45) is 0. The van der Waals surface area contributed by atoms with Crippen LogP contribution in [0.1, 0.15) is 13.8 Å². The molecule has 0 radical (unpaired) electrons. The van der Waals surface area contributed by atoms with Crippen LogP contribution in [0.2, 0.25) is 0 Å². The Hall–Kier alpha value is -0.620. The molecule has 0 unspecified atom stereocenters. The van der Waals surface area contributed by atoms with E-state index >= 15 is 0 Å². The minimum absolute atomic E-state index is 0.886. The molecule has 6 heteroatoms. The lowest BCUT2D eigenvalue weighted by Crippen LogP contribution is -2.25. The van der Waals surface area contributed by atoms with Crippen LogP contribution in [-0.2, 0) is 7.05 Å². The van der Waals surface area contributed by atoms with Gasteiger partial charge in [-0.1, -0.05) is 25.6 Å². The van der Waals surface area contributed by atoms with E-state index in [1.807, 2.05) is 7.05 Å². The predicted octanol–water partition coefficient (Wildman–Crippen LogP) is 0.644. The van der Waals surface area contributed by atoms with E-state index in [2.05, 4.69) is 34.3 Å². The highest BCUT2D eigenvalue weighted by Crippen LogP contribution is 2.11. The van der Waals surface area contributed by atoms with E-state index in [4.69, 9.17) is 0 Å². The molecule has 0 amide bonds. The smallest absolute Gasteiger partial charge is 0.209 e. The summed E-state index contributed by atoms with van der Waals surface area (Å²) >= 11 is 1.70. The van der Waals surface area contributed by atoms with Crippen LogP contribution in [0.5, 0.6) is 0 Å². The van der Waals surface area contributed by atoms with Gasteiger partial charge in [-0.25, -0.2) is 4.68 Å². The molecule has 0 saturated carbocycles. The first-order valence-electron chi connectivity index (χ1n) is 4.85. The number of aromatic nitrogens is 4. The second-order valence-electron chi connectivity index (χ2n) is 2.96. The maximum Gasteiger partial charge on any atom is 0.209 e. The van der Waals surface area contributed by atoms with Gasteiger partial charge in [0.25, 0.3) is 0 Å². The summed E-state index contributed by atoms with van der Waals surface area (Å²) in [5.74, 6) is 1.04. The quantitative estimate of drug-likeness (QED) is 0.652. The van der Waals surface area contributed by atoms with Crippen molar-refractivity contribution in [2.45, 2.75) is 19.0 Å². The van der Waals surface area contributed by atoms with Crippen molar-refractivity contribution in [2.75, 3.05) is 25.4 Å². The predicted molar refractivity (Wildman–Crippen MR) is 57.3 cm³/mol. The van der Waals surface area contributed by atoms with E-state index in [0.29, 0.717) is 0 Å². The van der Waals surface area contributed by atoms with Gasteiger partial charge in [-0.3, -0.25) is 0 Å². The minimum atomic E-state index is 0.886. The summed E-state index contributed by atoms with van der Waals surface area (Å²) in [7, 11) is 1.86. The fraction of sp³-hybridized carbons (Fsp3) is 0.875. The molecule has 0 saturated heterocycles. The molecule has 0 spiro atoms. The molecule has 0 N–H and O–H groups in total. The Balaban J connectivity index is 2.24. The van der Waals surface area contributed by atoms with Crippen LogP contribution in [0.4, 0.5) is 0 Å². The third-order valence-corrected chi connectivity index (χ3v) is 3.11. The molecule has 0 bridgehead atoms. The molecule has 5 nitrogen and oxygen atoms in total. The van der Waals surface area contributed by atoms with Crippen molar-refractivity contribution in [1.29, 1.82) is 0 Å². The number of tetrazole rings is 1. The fourth-order valence-electron chi connectivity index (χ4n) is 1.15. The third kappa shape index (κ3) is 3.26. The van der Waals surface area contributed by atoms with E-state index < -0.39 is 0 Å². The van der Waals surface area contributed by atoms with Crippen molar-refractivity contribution < 1.29 is 0 Å². The van der Waals surface area contributed by atoms with Crippen molar-refractivity contribution in [3.63, 3.8) is 0 Å². The standard InChI is InChI=1S/C8H17N5S/c1-4-13(5-2)6-7-14-8-9-10-11-12(8)3/h4-7H2,1-3H3. The van der Waals surface area contributed by atoms with Crippen molar-refractivity contribution in [3.8, 4) is 0 Å². The van der Waals surface area contributed by atoms with Gasteiger partial charge in [0.2, 0.25) is 5.16 Å². The molecule has 0 aliphatic heterocycles. The van der Waals surface area contributed by atoms with Crippen LogP contribution in [0, 0.1) is 0 Å². The number of thioether (sulfide) groups is 1. The van der Waals surface area contributed by atoms with Crippen LogP contribution < -0.4 is 0 Å². The van der Waals surface area contributed by atoms with Gasteiger partial charge in [0.05, 0.1) is 0 Å². The van der Waals surface area contributed by atoms with E-state index in [1.54, 1.807) is 16.4 Å². The summed E-state index contributed by atoms with van der Waals surface area (Å²) in [5.41, 5.74) is 0. The maximum atomic E-state index is 3.91. The van der Waals surface area contributed by atoms with Gasteiger partial charge in [0.15, 0.2) is 0 Å². The second-order valence-corrected chi connectivity index (χ2v) is 4.02. The van der Waals surface area contributed by atoms with E-state index in [1.165, 1.54) is 0 Å². The third-order valence-electron chi connectivity index (χ3n) is 2.11. The molecule has 80 valence electrons. The average molecular weight is 215 g/mol. The summed E-state index contributed by atoms with van der Waals surface area (Å²) in [6, 6.07) is 0. The van der Waals surface area contributed by atoms with Gasteiger partial charge >= 0.3 is 0 Å². The Morgan fingerprint density at radius 3 is 2.57 bits per heavy atom. The molecule has 0 aromatic carbocycles. The Morgan fingerprint density at radius 2 is 2.07 bits per heavy atom. The number of aryl methyl sites for hydroxylation is 1. The lowest BCUT2D eigenvalue weighted by Gasteiger charge is -2.16. The largest absolute Gasteiger partial charge is 0.303 e. The van der Waals surface area contributed by atoms with Crippen LogP contribution in [0.25, 0.3) is 0 Å². The molecule has 14 heavy (non-hydrogen) atoms. The maximum absolute atomic E-state index is 3.91. The lowest BCUT2D eigenvalue weighted by atomic mass is 10.5.